The summed E-state index contributed by atoms with van der Waals surface area (Å²) < 4.78 is 1.62. The Morgan fingerprint density at radius 3 is 2.75 bits per heavy atom. The quantitative estimate of drug-likeness (QED) is 0.437. The minimum Gasteiger partial charge on any atom is -0.348 e. The fourth-order valence-corrected chi connectivity index (χ4v) is 3.88. The van der Waals surface area contributed by atoms with Crippen LogP contribution in [0.15, 0.2) is 71.5 Å². The Morgan fingerprint density at radius 2 is 1.94 bits per heavy atom. The summed E-state index contributed by atoms with van der Waals surface area (Å²) in [6.45, 7) is 2.28. The summed E-state index contributed by atoms with van der Waals surface area (Å²) >= 11 is 6.17. The van der Waals surface area contributed by atoms with Crippen LogP contribution in [0.4, 0.5) is 0 Å². The lowest BCUT2D eigenvalue weighted by atomic mass is 10.1. The number of carbonyl (C=O) groups excluding carboxylic acids is 1. The summed E-state index contributed by atoms with van der Waals surface area (Å²) in [4.78, 5) is 29.7. The van der Waals surface area contributed by atoms with E-state index < -0.39 is 0 Å². The molecule has 0 radical (unpaired) electrons. The number of nitrogens with one attached hydrogen (secondary N) is 2. The lowest BCUT2D eigenvalue weighted by Crippen LogP contribution is -2.23. The zero-order chi connectivity index (χ0) is 22.2. The molecule has 0 aliphatic heterocycles. The Kier molecular flexibility index (Phi) is 4.95. The molecule has 8 heteroatoms. The minimum atomic E-state index is -0.377. The first-order valence-electron chi connectivity index (χ1n) is 10.0. The van der Waals surface area contributed by atoms with E-state index in [0.717, 1.165) is 16.7 Å². The summed E-state index contributed by atoms with van der Waals surface area (Å²) in [6.07, 6.45) is 0. The zero-order valence-electron chi connectivity index (χ0n) is 17.1. The van der Waals surface area contributed by atoms with Gasteiger partial charge in [0.1, 0.15) is 5.69 Å². The number of carbonyl (C=O) groups is 1. The molecule has 3 aromatic carbocycles. The lowest BCUT2D eigenvalue weighted by molar-refractivity contribution is 0.0951. The molecule has 0 bridgehead atoms. The lowest BCUT2D eigenvalue weighted by Gasteiger charge is -2.08. The summed E-state index contributed by atoms with van der Waals surface area (Å²) in [5.74, 6) is -0.275. The third kappa shape index (κ3) is 3.52. The van der Waals surface area contributed by atoms with Crippen molar-refractivity contribution in [2.24, 2.45) is 0 Å². The SMILES string of the molecule is Cc1cccc(-c2n[nH]n3c2nc(=O)c2ccc(C(=O)NCc4ccccc4Cl)cc23)c1. The average molecular weight is 444 g/mol. The van der Waals surface area contributed by atoms with E-state index in [1.807, 2.05) is 49.4 Å². The van der Waals surface area contributed by atoms with Crippen LogP contribution in [0.25, 0.3) is 27.8 Å². The monoisotopic (exact) mass is 443 g/mol. The van der Waals surface area contributed by atoms with Crippen molar-refractivity contribution in [3.63, 3.8) is 0 Å². The van der Waals surface area contributed by atoms with Crippen molar-refractivity contribution in [2.45, 2.75) is 13.5 Å². The van der Waals surface area contributed by atoms with Gasteiger partial charge < -0.3 is 5.32 Å². The number of H-pyrrole nitrogens is 1. The molecular formula is C24H18ClN5O2. The maximum atomic E-state index is 12.8. The third-order valence-corrected chi connectivity index (χ3v) is 5.68. The summed E-state index contributed by atoms with van der Waals surface area (Å²) in [5, 5.41) is 11.2. The predicted octanol–water partition coefficient (Wildman–Crippen LogP) is 4.13. The van der Waals surface area contributed by atoms with Gasteiger partial charge in [0, 0.05) is 22.7 Å². The molecule has 0 saturated carbocycles. The number of amides is 1. The Labute approximate surface area is 187 Å². The van der Waals surface area contributed by atoms with Crippen LogP contribution in [-0.2, 0) is 6.54 Å². The number of nitrogens with zero attached hydrogens (tertiary/aromatic N) is 3. The van der Waals surface area contributed by atoms with Gasteiger partial charge in [0.05, 0.1) is 10.9 Å². The van der Waals surface area contributed by atoms with Crippen LogP contribution in [0.1, 0.15) is 21.5 Å². The van der Waals surface area contributed by atoms with Gasteiger partial charge in [0.2, 0.25) is 0 Å². The molecule has 158 valence electrons. The van der Waals surface area contributed by atoms with Crippen molar-refractivity contribution in [2.75, 3.05) is 0 Å². The molecule has 0 atom stereocenters. The molecule has 0 aliphatic rings. The van der Waals surface area contributed by atoms with Crippen LogP contribution < -0.4 is 10.9 Å². The molecule has 1 amide bonds. The van der Waals surface area contributed by atoms with Crippen LogP contribution in [-0.4, -0.2) is 25.7 Å². The predicted molar refractivity (Wildman–Crippen MR) is 124 cm³/mol. The van der Waals surface area contributed by atoms with E-state index in [9.17, 15) is 9.59 Å². The highest BCUT2D eigenvalue weighted by Crippen LogP contribution is 2.23. The Hall–Kier alpha value is -3.97. The zero-order valence-corrected chi connectivity index (χ0v) is 17.8. The molecule has 5 aromatic rings. The van der Waals surface area contributed by atoms with Gasteiger partial charge in [-0.25, -0.2) is 9.73 Å². The smallest absolute Gasteiger partial charge is 0.281 e. The molecular weight excluding hydrogens is 426 g/mol. The summed E-state index contributed by atoms with van der Waals surface area (Å²) in [7, 11) is 0. The highest BCUT2D eigenvalue weighted by molar-refractivity contribution is 6.31. The fourth-order valence-electron chi connectivity index (χ4n) is 3.67. The van der Waals surface area contributed by atoms with Crippen LogP contribution >= 0.6 is 11.6 Å². The number of halogens is 1. The van der Waals surface area contributed by atoms with Gasteiger partial charge in [-0.15, -0.1) is 0 Å². The first-order valence-corrected chi connectivity index (χ1v) is 10.4. The first-order chi connectivity index (χ1) is 15.5. The number of aromatic amines is 1. The van der Waals surface area contributed by atoms with Gasteiger partial charge in [0.15, 0.2) is 5.65 Å². The minimum absolute atomic E-state index is 0.275. The number of rotatable bonds is 4. The highest BCUT2D eigenvalue weighted by Gasteiger charge is 2.16. The van der Waals surface area contributed by atoms with Crippen molar-refractivity contribution in [3.05, 3.63) is 98.8 Å². The average Bonchev–Trinajstić information content (AvgIpc) is 3.22. The number of hydrogen-bond acceptors (Lipinski definition) is 4. The number of aryl methyl sites for hydroxylation is 1. The Bertz CT molecular complexity index is 1550. The van der Waals surface area contributed by atoms with Crippen molar-refractivity contribution < 1.29 is 4.79 Å². The Balaban J connectivity index is 1.55. The van der Waals surface area contributed by atoms with Crippen LogP contribution in [0.3, 0.4) is 0 Å². The summed E-state index contributed by atoms with van der Waals surface area (Å²) in [5.41, 5.74) is 4.28. The number of aromatic nitrogens is 4. The second kappa shape index (κ2) is 7.94. The van der Waals surface area contributed by atoms with E-state index in [4.69, 9.17) is 11.6 Å². The van der Waals surface area contributed by atoms with E-state index >= 15 is 0 Å². The second-order valence-electron chi connectivity index (χ2n) is 7.51. The molecule has 2 N–H and O–H groups in total. The molecule has 32 heavy (non-hydrogen) atoms. The Morgan fingerprint density at radius 1 is 1.09 bits per heavy atom. The van der Waals surface area contributed by atoms with Gasteiger partial charge in [0.25, 0.3) is 11.5 Å². The van der Waals surface area contributed by atoms with Crippen molar-refractivity contribution in [1.29, 1.82) is 0 Å². The van der Waals surface area contributed by atoms with E-state index in [1.165, 1.54) is 0 Å². The topological polar surface area (TPSA) is 92.2 Å². The highest BCUT2D eigenvalue weighted by atomic mass is 35.5. The van der Waals surface area contributed by atoms with E-state index in [2.05, 4.69) is 20.6 Å². The van der Waals surface area contributed by atoms with Crippen molar-refractivity contribution in [3.8, 4) is 11.3 Å². The molecule has 5 rings (SSSR count). The molecule has 2 heterocycles. The molecule has 0 saturated heterocycles. The van der Waals surface area contributed by atoms with Gasteiger partial charge in [-0.2, -0.15) is 10.1 Å². The van der Waals surface area contributed by atoms with Gasteiger partial charge in [-0.05, 0) is 42.8 Å². The first kappa shape index (κ1) is 20.0. The van der Waals surface area contributed by atoms with Crippen LogP contribution in [0.2, 0.25) is 5.02 Å². The van der Waals surface area contributed by atoms with E-state index in [1.54, 1.807) is 28.8 Å². The standard InChI is InChI=1S/C24H18ClN5O2/c1-14-5-4-7-15(11-14)21-22-27-24(32)18-10-9-16(12-20(18)30(22)29-28-21)23(31)26-13-17-6-2-3-8-19(17)25/h2-12,29H,13H2,1H3,(H,26,31). The maximum Gasteiger partial charge on any atom is 0.281 e. The van der Waals surface area contributed by atoms with E-state index in [-0.39, 0.29) is 11.5 Å². The molecule has 0 fully saturated rings. The maximum absolute atomic E-state index is 12.8. The number of benzene rings is 3. The number of fused-ring (bicyclic) bond motifs is 3. The molecule has 7 nitrogen and oxygen atoms in total. The van der Waals surface area contributed by atoms with Crippen molar-refractivity contribution in [1.82, 2.24) is 25.1 Å². The molecule has 0 aliphatic carbocycles. The van der Waals surface area contributed by atoms with Gasteiger partial charge in [-0.1, -0.05) is 53.6 Å². The molecule has 0 unspecified atom stereocenters. The van der Waals surface area contributed by atoms with Crippen molar-refractivity contribution >= 4 is 34.1 Å². The molecule has 0 spiro atoms. The van der Waals surface area contributed by atoms with Crippen LogP contribution in [0, 0.1) is 6.92 Å². The molecule has 2 aromatic heterocycles. The van der Waals surface area contributed by atoms with Gasteiger partial charge in [-0.3, -0.25) is 9.59 Å². The van der Waals surface area contributed by atoms with E-state index in [0.29, 0.717) is 39.4 Å². The largest absolute Gasteiger partial charge is 0.348 e. The summed E-state index contributed by atoms with van der Waals surface area (Å²) in [6, 6.07) is 20.0. The fraction of sp³-hybridized carbons (Fsp3) is 0.0833. The van der Waals surface area contributed by atoms with Crippen LogP contribution in [0.5, 0.6) is 0 Å². The van der Waals surface area contributed by atoms with Gasteiger partial charge >= 0.3 is 0 Å². The number of hydrogen-bond donors (Lipinski definition) is 2. The second-order valence-corrected chi connectivity index (χ2v) is 7.92. The third-order valence-electron chi connectivity index (χ3n) is 5.31. The normalized spacial score (nSPS) is 11.2.